The van der Waals surface area contributed by atoms with Gasteiger partial charge in [0.2, 0.25) is 5.91 Å². The maximum Gasteiger partial charge on any atom is 0.411 e. The maximum atomic E-state index is 12.9. The summed E-state index contributed by atoms with van der Waals surface area (Å²) in [5, 5.41) is 11.7. The van der Waals surface area contributed by atoms with Crippen molar-refractivity contribution in [3.63, 3.8) is 0 Å². The Morgan fingerprint density at radius 1 is 0.727 bits per heavy atom. The van der Waals surface area contributed by atoms with E-state index in [9.17, 15) is 24.0 Å². The summed E-state index contributed by atoms with van der Waals surface area (Å²) in [5.74, 6) is -1.45. The Morgan fingerprint density at radius 2 is 1.20 bits per heavy atom. The van der Waals surface area contributed by atoms with Crippen molar-refractivity contribution in [2.45, 2.75) is 90.5 Å². The number of carboxylic acid groups (broad SMARTS) is 1. The zero-order valence-corrected chi connectivity index (χ0v) is 26.3. The molecule has 44 heavy (non-hydrogen) atoms. The Hall–Kier alpha value is -4.41. The van der Waals surface area contributed by atoms with Crippen LogP contribution < -0.4 is 5.32 Å². The number of ketones is 1. The van der Waals surface area contributed by atoms with Gasteiger partial charge in [-0.2, -0.15) is 0 Å². The molecule has 0 saturated carbocycles. The minimum absolute atomic E-state index is 0.170. The summed E-state index contributed by atoms with van der Waals surface area (Å²) in [6, 6.07) is 14.5. The van der Waals surface area contributed by atoms with E-state index in [1.807, 2.05) is 6.07 Å². The number of likely N-dealkylation sites (tertiary alicyclic amines) is 2. The minimum Gasteiger partial charge on any atom is -0.480 e. The highest BCUT2D eigenvalue weighted by Crippen LogP contribution is 2.25. The van der Waals surface area contributed by atoms with Crippen LogP contribution in [-0.4, -0.2) is 81.1 Å². The van der Waals surface area contributed by atoms with Crippen molar-refractivity contribution in [3.05, 3.63) is 65.7 Å². The Kier molecular flexibility index (Phi) is 11.1. The number of ether oxygens (including phenoxy) is 2. The van der Waals surface area contributed by atoms with Gasteiger partial charge >= 0.3 is 18.2 Å². The molecule has 0 radical (unpaired) electrons. The third-order valence-electron chi connectivity index (χ3n) is 6.81. The molecule has 2 aromatic rings. The summed E-state index contributed by atoms with van der Waals surface area (Å²) in [5.41, 5.74) is 0.180. The Labute approximate surface area is 258 Å². The molecule has 2 aromatic carbocycles. The number of para-hydroxylation sites is 1. The lowest BCUT2D eigenvalue weighted by Crippen LogP contribution is -2.45. The van der Waals surface area contributed by atoms with E-state index >= 15 is 0 Å². The number of hydrogen-bond acceptors (Lipinski definition) is 7. The molecule has 2 aliphatic heterocycles. The van der Waals surface area contributed by atoms with Crippen molar-refractivity contribution >= 4 is 35.5 Å². The van der Waals surface area contributed by atoms with Gasteiger partial charge in [-0.3, -0.25) is 19.4 Å². The summed E-state index contributed by atoms with van der Waals surface area (Å²) < 4.78 is 10.6. The van der Waals surface area contributed by atoms with Gasteiger partial charge in [0.15, 0.2) is 5.78 Å². The molecular weight excluding hydrogens is 566 g/mol. The van der Waals surface area contributed by atoms with Gasteiger partial charge in [0.05, 0.1) is 5.69 Å². The molecule has 0 aromatic heterocycles. The molecule has 0 bridgehead atoms. The van der Waals surface area contributed by atoms with Gasteiger partial charge in [-0.25, -0.2) is 14.4 Å². The van der Waals surface area contributed by atoms with Gasteiger partial charge in [0.25, 0.3) is 0 Å². The molecule has 11 nitrogen and oxygen atoms in total. The van der Waals surface area contributed by atoms with Crippen molar-refractivity contribution in [2.75, 3.05) is 18.4 Å². The van der Waals surface area contributed by atoms with Gasteiger partial charge in [-0.15, -0.1) is 0 Å². The number of amides is 3. The van der Waals surface area contributed by atoms with Crippen LogP contribution in [0.3, 0.4) is 0 Å². The predicted octanol–water partition coefficient (Wildman–Crippen LogP) is 5.73. The second-order valence-corrected chi connectivity index (χ2v) is 12.7. The third kappa shape index (κ3) is 9.55. The van der Waals surface area contributed by atoms with E-state index in [0.29, 0.717) is 42.7 Å². The first-order chi connectivity index (χ1) is 20.6. The van der Waals surface area contributed by atoms with Crippen LogP contribution in [0.1, 0.15) is 83.1 Å². The second-order valence-electron chi connectivity index (χ2n) is 12.7. The average molecular weight is 610 g/mol. The highest BCUT2D eigenvalue weighted by Gasteiger charge is 2.38. The molecule has 2 saturated heterocycles. The lowest BCUT2D eigenvalue weighted by Gasteiger charge is -2.28. The number of nitrogens with zero attached hydrogens (tertiary/aromatic N) is 2. The van der Waals surface area contributed by atoms with E-state index in [1.165, 1.54) is 9.80 Å². The highest BCUT2D eigenvalue weighted by molar-refractivity contribution is 6.14. The normalized spacial score (nSPS) is 18.1. The number of anilines is 1. The summed E-state index contributed by atoms with van der Waals surface area (Å²) in [7, 11) is 0. The second kappa shape index (κ2) is 14.4. The first-order valence-corrected chi connectivity index (χ1v) is 14.8. The molecule has 3 amide bonds. The lowest BCUT2D eigenvalue weighted by molar-refractivity contribution is -0.142. The molecule has 238 valence electrons. The van der Waals surface area contributed by atoms with Crippen molar-refractivity contribution in [2.24, 2.45) is 0 Å². The Morgan fingerprint density at radius 3 is 1.73 bits per heavy atom. The standard InChI is InChI=1S/C23H26N2O4.C10H17NO4/c1-23(2,3)29-22(28)25-15-9-14-19(25)21(27)24-18-13-8-7-12-17(18)20(26)16-10-5-4-6-11-16;1-10(2,3)15-9(14)11-6-4-5-7(11)8(12)13/h4-8,10-13,19H,9,14-15H2,1-3H3,(H,24,27);7H,4-6H2,1-3H3,(H,12,13)/t19-;7-/m00/s1. The van der Waals surface area contributed by atoms with Crippen molar-refractivity contribution in [1.29, 1.82) is 0 Å². The van der Waals surface area contributed by atoms with Gasteiger partial charge in [-0.05, 0) is 79.4 Å². The number of aliphatic carboxylic acids is 1. The first kappa shape index (κ1) is 34.1. The van der Waals surface area contributed by atoms with Gasteiger partial charge in [0.1, 0.15) is 23.3 Å². The van der Waals surface area contributed by atoms with Crippen LogP contribution in [0.25, 0.3) is 0 Å². The van der Waals surface area contributed by atoms with E-state index in [2.05, 4.69) is 5.32 Å². The zero-order valence-electron chi connectivity index (χ0n) is 26.3. The monoisotopic (exact) mass is 609 g/mol. The number of carboxylic acids is 1. The summed E-state index contributed by atoms with van der Waals surface area (Å²) in [6.07, 6.45) is 1.48. The number of nitrogens with one attached hydrogen (secondary N) is 1. The fourth-order valence-electron chi connectivity index (χ4n) is 4.89. The van der Waals surface area contributed by atoms with Crippen LogP contribution in [0.4, 0.5) is 15.3 Å². The molecular formula is C33H43N3O8. The van der Waals surface area contributed by atoms with E-state index in [4.69, 9.17) is 14.6 Å². The van der Waals surface area contributed by atoms with E-state index in [0.717, 1.165) is 12.8 Å². The summed E-state index contributed by atoms with van der Waals surface area (Å²) in [6.45, 7) is 11.6. The number of rotatable bonds is 5. The highest BCUT2D eigenvalue weighted by atomic mass is 16.6. The molecule has 2 fully saturated rings. The van der Waals surface area contributed by atoms with Crippen LogP contribution in [-0.2, 0) is 19.1 Å². The smallest absolute Gasteiger partial charge is 0.411 e. The molecule has 2 aliphatic rings. The molecule has 2 heterocycles. The first-order valence-electron chi connectivity index (χ1n) is 14.8. The fourth-order valence-corrected chi connectivity index (χ4v) is 4.89. The molecule has 2 atom stereocenters. The third-order valence-corrected chi connectivity index (χ3v) is 6.81. The minimum atomic E-state index is -0.960. The van der Waals surface area contributed by atoms with Gasteiger partial charge in [0, 0.05) is 24.2 Å². The fraction of sp³-hybridized carbons (Fsp3) is 0.485. The molecule has 4 rings (SSSR count). The van der Waals surface area contributed by atoms with Crippen molar-refractivity contribution in [3.8, 4) is 0 Å². The molecule has 11 heteroatoms. The van der Waals surface area contributed by atoms with Gasteiger partial charge in [-0.1, -0.05) is 42.5 Å². The van der Waals surface area contributed by atoms with Crippen molar-refractivity contribution < 1.29 is 38.6 Å². The number of hydrogen-bond donors (Lipinski definition) is 2. The maximum absolute atomic E-state index is 12.9. The van der Waals surface area contributed by atoms with E-state index in [1.54, 1.807) is 90.1 Å². The Balaban J connectivity index is 0.000000297. The molecule has 0 aliphatic carbocycles. The number of carbonyl (C=O) groups is 5. The van der Waals surface area contributed by atoms with Crippen LogP contribution >= 0.6 is 0 Å². The lowest BCUT2D eigenvalue weighted by atomic mass is 10.0. The van der Waals surface area contributed by atoms with Crippen LogP contribution in [0.2, 0.25) is 0 Å². The topological polar surface area (TPSA) is 143 Å². The largest absolute Gasteiger partial charge is 0.480 e. The van der Waals surface area contributed by atoms with Crippen LogP contribution in [0.5, 0.6) is 0 Å². The van der Waals surface area contributed by atoms with Crippen LogP contribution in [0.15, 0.2) is 54.6 Å². The summed E-state index contributed by atoms with van der Waals surface area (Å²) in [4.78, 5) is 63.5. The van der Waals surface area contributed by atoms with E-state index < -0.39 is 41.4 Å². The van der Waals surface area contributed by atoms with E-state index in [-0.39, 0.29) is 11.7 Å². The molecule has 0 unspecified atom stereocenters. The quantitative estimate of drug-likeness (QED) is 0.410. The molecule has 0 spiro atoms. The molecule has 2 N–H and O–H groups in total. The average Bonchev–Trinajstić information content (AvgIpc) is 3.63. The SMILES string of the molecule is CC(C)(C)OC(=O)N1CCC[C@H]1C(=O)Nc1ccccc1C(=O)c1ccccc1.CC(C)(C)OC(=O)N1CCC[C@H]1C(=O)O. The van der Waals surface area contributed by atoms with Crippen LogP contribution in [0, 0.1) is 0 Å². The number of benzene rings is 2. The zero-order chi connectivity index (χ0) is 32.7. The van der Waals surface area contributed by atoms with Crippen molar-refractivity contribution in [1.82, 2.24) is 9.80 Å². The van der Waals surface area contributed by atoms with Gasteiger partial charge < -0.3 is 19.9 Å². The number of carbonyl (C=O) groups excluding carboxylic acids is 4. The Bertz CT molecular complexity index is 1350. The summed E-state index contributed by atoms with van der Waals surface area (Å²) >= 11 is 0. The predicted molar refractivity (Wildman–Crippen MR) is 165 cm³/mol.